The summed E-state index contributed by atoms with van der Waals surface area (Å²) in [5.41, 5.74) is 1.93. The molecule has 1 aromatic rings. The summed E-state index contributed by atoms with van der Waals surface area (Å²) in [6, 6.07) is 0. The second-order valence-corrected chi connectivity index (χ2v) is 3.72. The Kier molecular flexibility index (Phi) is 2.81. The molecule has 4 heteroatoms. The molecule has 0 bridgehead atoms. The first-order valence-corrected chi connectivity index (χ1v) is 5.19. The number of allylic oxidation sites excluding steroid dienone is 1. The average Bonchev–Trinajstić information content (AvgIpc) is 2.34. The highest BCUT2D eigenvalue weighted by molar-refractivity contribution is 7.82. The highest BCUT2D eigenvalue weighted by Gasteiger charge is 2.02. The van der Waals surface area contributed by atoms with E-state index in [2.05, 4.69) is 5.10 Å². The van der Waals surface area contributed by atoms with E-state index in [1.54, 1.807) is 12.5 Å². The van der Waals surface area contributed by atoms with E-state index >= 15 is 0 Å². The molecule has 1 atom stereocenters. The standard InChI is InChI=1S/C8H12N2OS/c1-4-5-8-6-10(12(3)11)9-7(8)2/h4-6H,1-3H3/b5-4-. The second-order valence-electron chi connectivity index (χ2n) is 2.50. The van der Waals surface area contributed by atoms with Crippen molar-refractivity contribution in [1.82, 2.24) is 9.19 Å². The van der Waals surface area contributed by atoms with Gasteiger partial charge >= 0.3 is 0 Å². The zero-order chi connectivity index (χ0) is 9.14. The highest BCUT2D eigenvalue weighted by atomic mass is 32.2. The van der Waals surface area contributed by atoms with Crippen molar-refractivity contribution in [2.24, 2.45) is 0 Å². The quantitative estimate of drug-likeness (QED) is 0.695. The van der Waals surface area contributed by atoms with Gasteiger partial charge in [0.05, 0.1) is 5.69 Å². The Labute approximate surface area is 74.7 Å². The molecule has 0 fully saturated rings. The van der Waals surface area contributed by atoms with E-state index in [1.807, 2.05) is 26.0 Å². The van der Waals surface area contributed by atoms with E-state index in [0.29, 0.717) is 0 Å². The lowest BCUT2D eigenvalue weighted by Crippen LogP contribution is -2.01. The first kappa shape index (κ1) is 9.19. The fourth-order valence-corrected chi connectivity index (χ4v) is 1.42. The normalized spacial score (nSPS) is 13.9. The monoisotopic (exact) mass is 184 g/mol. The summed E-state index contributed by atoms with van der Waals surface area (Å²) in [5, 5.41) is 4.09. The van der Waals surface area contributed by atoms with E-state index in [0.717, 1.165) is 11.3 Å². The van der Waals surface area contributed by atoms with Crippen LogP contribution in [0, 0.1) is 6.92 Å². The van der Waals surface area contributed by atoms with Gasteiger partial charge in [0, 0.05) is 18.0 Å². The lowest BCUT2D eigenvalue weighted by atomic mass is 10.2. The van der Waals surface area contributed by atoms with Gasteiger partial charge in [-0.1, -0.05) is 12.2 Å². The third-order valence-electron chi connectivity index (χ3n) is 1.53. The molecule has 1 aromatic heterocycles. The van der Waals surface area contributed by atoms with Crippen LogP contribution in [0.15, 0.2) is 12.3 Å². The minimum Gasteiger partial charge on any atom is -0.235 e. The maximum absolute atomic E-state index is 11.0. The van der Waals surface area contributed by atoms with Crippen molar-refractivity contribution in [3.05, 3.63) is 23.5 Å². The molecular weight excluding hydrogens is 172 g/mol. The van der Waals surface area contributed by atoms with Crippen LogP contribution in [-0.2, 0) is 11.0 Å². The molecule has 1 rings (SSSR count). The zero-order valence-corrected chi connectivity index (χ0v) is 8.26. The lowest BCUT2D eigenvalue weighted by molar-refractivity contribution is 0.675. The molecule has 0 saturated heterocycles. The van der Waals surface area contributed by atoms with Crippen LogP contribution >= 0.6 is 0 Å². The van der Waals surface area contributed by atoms with Gasteiger partial charge in [-0.2, -0.15) is 9.19 Å². The van der Waals surface area contributed by atoms with Gasteiger partial charge in [-0.3, -0.25) is 0 Å². The fraction of sp³-hybridized carbons (Fsp3) is 0.375. The van der Waals surface area contributed by atoms with Crippen LogP contribution in [0.5, 0.6) is 0 Å². The molecule has 1 heterocycles. The van der Waals surface area contributed by atoms with Crippen LogP contribution in [0.1, 0.15) is 18.2 Å². The van der Waals surface area contributed by atoms with Gasteiger partial charge in [-0.15, -0.1) is 0 Å². The molecule has 1 unspecified atom stereocenters. The van der Waals surface area contributed by atoms with Gasteiger partial charge in [0.1, 0.15) is 11.0 Å². The molecular formula is C8H12N2OS. The fourth-order valence-electron chi connectivity index (χ4n) is 0.922. The molecule has 0 saturated carbocycles. The molecule has 3 nitrogen and oxygen atoms in total. The third kappa shape index (κ3) is 1.82. The van der Waals surface area contributed by atoms with Crippen LogP contribution in [0.2, 0.25) is 0 Å². The summed E-state index contributed by atoms with van der Waals surface area (Å²) in [6.45, 7) is 3.85. The first-order valence-electron chi connectivity index (χ1n) is 3.68. The number of hydrogen-bond acceptors (Lipinski definition) is 2. The van der Waals surface area contributed by atoms with Crippen LogP contribution < -0.4 is 0 Å². The topological polar surface area (TPSA) is 34.9 Å². The van der Waals surface area contributed by atoms with E-state index in [9.17, 15) is 4.21 Å². The number of nitrogens with zero attached hydrogens (tertiary/aromatic N) is 2. The van der Waals surface area contributed by atoms with Crippen molar-refractivity contribution in [3.8, 4) is 0 Å². The zero-order valence-electron chi connectivity index (χ0n) is 7.44. The Balaban J connectivity index is 3.08. The Morgan fingerprint density at radius 1 is 1.67 bits per heavy atom. The number of aryl methyl sites for hydroxylation is 1. The van der Waals surface area contributed by atoms with Gasteiger partial charge in [0.2, 0.25) is 0 Å². The minimum absolute atomic E-state index is 0.906. The molecule has 0 aromatic carbocycles. The Bertz CT molecular complexity index is 328. The van der Waals surface area contributed by atoms with Crippen molar-refractivity contribution in [2.45, 2.75) is 13.8 Å². The molecule has 0 spiro atoms. The Hall–Kier alpha value is -0.900. The van der Waals surface area contributed by atoms with E-state index in [-0.39, 0.29) is 0 Å². The summed E-state index contributed by atoms with van der Waals surface area (Å²) in [7, 11) is -1.05. The van der Waals surface area contributed by atoms with Crippen molar-refractivity contribution in [3.63, 3.8) is 0 Å². The largest absolute Gasteiger partial charge is 0.235 e. The number of rotatable bonds is 2. The van der Waals surface area contributed by atoms with Crippen molar-refractivity contribution < 1.29 is 4.21 Å². The molecule has 0 amide bonds. The van der Waals surface area contributed by atoms with Crippen LogP contribution in [0.25, 0.3) is 6.08 Å². The van der Waals surface area contributed by atoms with Crippen LogP contribution in [0.3, 0.4) is 0 Å². The van der Waals surface area contributed by atoms with E-state index in [4.69, 9.17) is 0 Å². The van der Waals surface area contributed by atoms with Crippen molar-refractivity contribution >= 4 is 17.1 Å². The maximum Gasteiger partial charge on any atom is 0.136 e. The smallest absolute Gasteiger partial charge is 0.136 e. The Morgan fingerprint density at radius 3 is 2.75 bits per heavy atom. The average molecular weight is 184 g/mol. The summed E-state index contributed by atoms with van der Waals surface area (Å²) < 4.78 is 12.5. The summed E-state index contributed by atoms with van der Waals surface area (Å²) in [5.74, 6) is 0. The highest BCUT2D eigenvalue weighted by Crippen LogP contribution is 2.07. The maximum atomic E-state index is 11.0. The third-order valence-corrected chi connectivity index (χ3v) is 2.24. The molecule has 0 aliphatic carbocycles. The Morgan fingerprint density at radius 2 is 2.33 bits per heavy atom. The van der Waals surface area contributed by atoms with E-state index in [1.165, 1.54) is 4.09 Å². The summed E-state index contributed by atoms with van der Waals surface area (Å²) in [4.78, 5) is 0. The summed E-state index contributed by atoms with van der Waals surface area (Å²) in [6.07, 6.45) is 7.27. The van der Waals surface area contributed by atoms with Crippen LogP contribution in [-0.4, -0.2) is 19.7 Å². The second kappa shape index (κ2) is 3.67. The predicted molar refractivity (Wildman–Crippen MR) is 51.1 cm³/mol. The van der Waals surface area contributed by atoms with E-state index < -0.39 is 11.0 Å². The molecule has 12 heavy (non-hydrogen) atoms. The lowest BCUT2D eigenvalue weighted by Gasteiger charge is -1.89. The van der Waals surface area contributed by atoms with Gasteiger partial charge < -0.3 is 0 Å². The minimum atomic E-state index is -1.05. The first-order chi connectivity index (χ1) is 5.65. The van der Waals surface area contributed by atoms with Crippen LogP contribution in [0.4, 0.5) is 0 Å². The van der Waals surface area contributed by atoms with Gasteiger partial charge in [0.25, 0.3) is 0 Å². The number of hydrogen-bond donors (Lipinski definition) is 0. The molecule has 0 aliphatic rings. The molecule has 0 aliphatic heterocycles. The summed E-state index contributed by atoms with van der Waals surface area (Å²) >= 11 is 0. The predicted octanol–water partition coefficient (Wildman–Crippen LogP) is 1.37. The molecule has 66 valence electrons. The van der Waals surface area contributed by atoms with Gasteiger partial charge in [-0.05, 0) is 13.8 Å². The molecule has 0 radical (unpaired) electrons. The van der Waals surface area contributed by atoms with Crippen molar-refractivity contribution in [1.29, 1.82) is 0 Å². The van der Waals surface area contributed by atoms with Gasteiger partial charge in [0.15, 0.2) is 0 Å². The number of aromatic nitrogens is 2. The SMILES string of the molecule is C/C=C\c1cn(S(C)=O)nc1C. The van der Waals surface area contributed by atoms with Gasteiger partial charge in [-0.25, -0.2) is 4.21 Å². The molecule has 0 N–H and O–H groups in total. The van der Waals surface area contributed by atoms with Crippen molar-refractivity contribution in [2.75, 3.05) is 6.26 Å².